The Labute approximate surface area is 122 Å². The van der Waals surface area contributed by atoms with Crippen molar-refractivity contribution in [3.63, 3.8) is 0 Å². The molecular weight excluding hydrogens is 274 g/mol. The molecular formula is C14H19N3O4. The van der Waals surface area contributed by atoms with E-state index >= 15 is 0 Å². The van der Waals surface area contributed by atoms with Crippen molar-refractivity contribution >= 4 is 17.8 Å². The summed E-state index contributed by atoms with van der Waals surface area (Å²) >= 11 is 0. The summed E-state index contributed by atoms with van der Waals surface area (Å²) in [6.07, 6.45) is 2.99. The van der Waals surface area contributed by atoms with Gasteiger partial charge in [-0.2, -0.15) is 0 Å². The van der Waals surface area contributed by atoms with Gasteiger partial charge in [0.05, 0.1) is 18.1 Å². The fourth-order valence-corrected chi connectivity index (χ4v) is 1.72. The minimum absolute atomic E-state index is 0.0835. The third-order valence-electron chi connectivity index (χ3n) is 2.85. The molecule has 0 unspecified atom stereocenters. The number of esters is 1. The fraction of sp³-hybridized carbons (Fsp3) is 0.429. The van der Waals surface area contributed by atoms with Crippen LogP contribution >= 0.6 is 0 Å². The predicted octanol–water partition coefficient (Wildman–Crippen LogP) is 0.255. The number of primary amides is 1. The summed E-state index contributed by atoms with van der Waals surface area (Å²) in [5.41, 5.74) is 5.58. The molecule has 0 saturated heterocycles. The number of carbonyl (C=O) groups is 3. The molecule has 7 nitrogen and oxygen atoms in total. The topological polar surface area (TPSA) is 111 Å². The van der Waals surface area contributed by atoms with E-state index in [0.717, 1.165) is 0 Å². The number of nitrogens with one attached hydrogen (secondary N) is 1. The maximum absolute atomic E-state index is 12.0. The number of hydrogen-bond donors (Lipinski definition) is 2. The van der Waals surface area contributed by atoms with Crippen LogP contribution in [0.25, 0.3) is 0 Å². The molecule has 2 atom stereocenters. The van der Waals surface area contributed by atoms with Crippen molar-refractivity contribution in [1.29, 1.82) is 0 Å². The maximum atomic E-state index is 12.0. The van der Waals surface area contributed by atoms with Crippen LogP contribution in [-0.4, -0.2) is 35.4 Å². The standard InChI is InChI=1S/C14H19N3O4/c1-3-21-14(20)9(2)7-11(12(15)18)17-13(19)10-5-4-6-16-8-10/h4-6,8-9,11H,3,7H2,1-2H3,(H2,15,18)(H,17,19)/t9-,11+/m1/s1. The zero-order valence-electron chi connectivity index (χ0n) is 12.0. The first-order valence-corrected chi connectivity index (χ1v) is 6.62. The van der Waals surface area contributed by atoms with Gasteiger partial charge in [0, 0.05) is 12.4 Å². The van der Waals surface area contributed by atoms with Crippen LogP contribution in [0.3, 0.4) is 0 Å². The zero-order valence-corrected chi connectivity index (χ0v) is 12.0. The van der Waals surface area contributed by atoms with Gasteiger partial charge in [-0.25, -0.2) is 0 Å². The minimum atomic E-state index is -0.947. The molecule has 2 amide bonds. The molecule has 114 valence electrons. The van der Waals surface area contributed by atoms with Gasteiger partial charge in [-0.3, -0.25) is 19.4 Å². The van der Waals surface area contributed by atoms with E-state index in [4.69, 9.17) is 10.5 Å². The Balaban J connectivity index is 2.68. The molecule has 1 heterocycles. The first-order chi connectivity index (χ1) is 9.95. The number of pyridine rings is 1. The summed E-state index contributed by atoms with van der Waals surface area (Å²) < 4.78 is 4.86. The van der Waals surface area contributed by atoms with Crippen molar-refractivity contribution in [1.82, 2.24) is 10.3 Å². The molecule has 1 aromatic rings. The van der Waals surface area contributed by atoms with Crippen LogP contribution in [0.15, 0.2) is 24.5 Å². The Kier molecular flexibility index (Phi) is 6.32. The minimum Gasteiger partial charge on any atom is -0.466 e. The Morgan fingerprint density at radius 1 is 1.43 bits per heavy atom. The van der Waals surface area contributed by atoms with Gasteiger partial charge in [0.2, 0.25) is 5.91 Å². The van der Waals surface area contributed by atoms with Crippen molar-refractivity contribution in [3.8, 4) is 0 Å². The smallest absolute Gasteiger partial charge is 0.308 e. The van der Waals surface area contributed by atoms with Crippen LogP contribution in [0.2, 0.25) is 0 Å². The number of nitrogens with two attached hydrogens (primary N) is 1. The van der Waals surface area contributed by atoms with Crippen LogP contribution in [0, 0.1) is 5.92 Å². The maximum Gasteiger partial charge on any atom is 0.308 e. The summed E-state index contributed by atoms with van der Waals surface area (Å²) in [6, 6.07) is 2.22. The SMILES string of the molecule is CCOC(=O)[C@H](C)C[C@H](NC(=O)c1cccnc1)C(N)=O. The highest BCUT2D eigenvalue weighted by atomic mass is 16.5. The Hall–Kier alpha value is -2.44. The molecule has 0 saturated carbocycles. The van der Waals surface area contributed by atoms with Crippen LogP contribution in [0.1, 0.15) is 30.6 Å². The van der Waals surface area contributed by atoms with Crippen LogP contribution < -0.4 is 11.1 Å². The molecule has 0 radical (unpaired) electrons. The van der Waals surface area contributed by atoms with E-state index < -0.39 is 29.7 Å². The number of carbonyl (C=O) groups excluding carboxylic acids is 3. The Morgan fingerprint density at radius 3 is 2.67 bits per heavy atom. The second-order valence-electron chi connectivity index (χ2n) is 4.56. The average Bonchev–Trinajstić information content (AvgIpc) is 2.47. The van der Waals surface area contributed by atoms with Crippen LogP contribution in [0.4, 0.5) is 0 Å². The molecule has 0 aromatic carbocycles. The lowest BCUT2D eigenvalue weighted by Gasteiger charge is -2.18. The molecule has 0 aliphatic heterocycles. The Bertz CT molecular complexity index is 504. The van der Waals surface area contributed by atoms with Gasteiger partial charge in [0.25, 0.3) is 5.91 Å². The predicted molar refractivity (Wildman–Crippen MR) is 75.1 cm³/mol. The van der Waals surface area contributed by atoms with Crippen LogP contribution in [0.5, 0.6) is 0 Å². The monoisotopic (exact) mass is 293 g/mol. The number of aromatic nitrogens is 1. The van der Waals surface area contributed by atoms with Gasteiger partial charge in [-0.1, -0.05) is 6.92 Å². The molecule has 0 aliphatic rings. The van der Waals surface area contributed by atoms with Crippen molar-refractivity contribution in [2.45, 2.75) is 26.3 Å². The largest absolute Gasteiger partial charge is 0.466 e. The van der Waals surface area contributed by atoms with Gasteiger partial charge in [-0.05, 0) is 25.5 Å². The first kappa shape index (κ1) is 16.6. The lowest BCUT2D eigenvalue weighted by Crippen LogP contribution is -2.46. The molecule has 0 fully saturated rings. The van der Waals surface area contributed by atoms with Crippen molar-refractivity contribution < 1.29 is 19.1 Å². The number of amides is 2. The lowest BCUT2D eigenvalue weighted by atomic mass is 10.0. The van der Waals surface area contributed by atoms with Gasteiger partial charge in [-0.15, -0.1) is 0 Å². The number of nitrogens with zero attached hydrogens (tertiary/aromatic N) is 1. The summed E-state index contributed by atoms with van der Waals surface area (Å²) in [5.74, 6) is -2.15. The quantitative estimate of drug-likeness (QED) is 0.700. The van der Waals surface area contributed by atoms with Crippen molar-refractivity contribution in [3.05, 3.63) is 30.1 Å². The summed E-state index contributed by atoms with van der Waals surface area (Å²) in [5, 5.41) is 2.50. The van der Waals surface area contributed by atoms with E-state index in [1.165, 1.54) is 12.4 Å². The molecule has 1 aromatic heterocycles. The van der Waals surface area contributed by atoms with E-state index in [2.05, 4.69) is 10.3 Å². The summed E-state index contributed by atoms with van der Waals surface area (Å²) in [6.45, 7) is 3.57. The average molecular weight is 293 g/mol. The fourth-order valence-electron chi connectivity index (χ4n) is 1.72. The third-order valence-corrected chi connectivity index (χ3v) is 2.85. The number of ether oxygens (including phenoxy) is 1. The van der Waals surface area contributed by atoms with Crippen molar-refractivity contribution in [2.75, 3.05) is 6.61 Å². The molecule has 0 bridgehead atoms. The third kappa shape index (κ3) is 5.21. The molecule has 21 heavy (non-hydrogen) atoms. The van der Waals surface area contributed by atoms with Crippen LogP contribution in [-0.2, 0) is 14.3 Å². The zero-order chi connectivity index (χ0) is 15.8. The van der Waals surface area contributed by atoms with Gasteiger partial charge in [0.15, 0.2) is 0 Å². The van der Waals surface area contributed by atoms with E-state index in [0.29, 0.717) is 5.56 Å². The second-order valence-corrected chi connectivity index (χ2v) is 4.56. The Morgan fingerprint density at radius 2 is 2.14 bits per heavy atom. The molecule has 7 heteroatoms. The normalized spacial score (nSPS) is 13.0. The van der Waals surface area contributed by atoms with Gasteiger partial charge < -0.3 is 15.8 Å². The van der Waals surface area contributed by atoms with E-state index in [1.807, 2.05) is 0 Å². The molecule has 3 N–H and O–H groups in total. The highest BCUT2D eigenvalue weighted by Gasteiger charge is 2.25. The van der Waals surface area contributed by atoms with Gasteiger partial charge in [0.1, 0.15) is 6.04 Å². The molecule has 1 rings (SSSR count). The van der Waals surface area contributed by atoms with Crippen molar-refractivity contribution in [2.24, 2.45) is 11.7 Å². The van der Waals surface area contributed by atoms with E-state index in [9.17, 15) is 14.4 Å². The first-order valence-electron chi connectivity index (χ1n) is 6.62. The highest BCUT2D eigenvalue weighted by molar-refractivity contribution is 5.97. The lowest BCUT2D eigenvalue weighted by molar-refractivity contribution is -0.147. The summed E-state index contributed by atoms with van der Waals surface area (Å²) in [4.78, 5) is 38.8. The second kappa shape index (κ2) is 7.98. The molecule has 0 aliphatic carbocycles. The highest BCUT2D eigenvalue weighted by Crippen LogP contribution is 2.09. The number of rotatable bonds is 7. The number of hydrogen-bond acceptors (Lipinski definition) is 5. The van der Waals surface area contributed by atoms with Gasteiger partial charge >= 0.3 is 5.97 Å². The molecule has 0 spiro atoms. The van der Waals surface area contributed by atoms with E-state index in [-0.39, 0.29) is 13.0 Å². The summed E-state index contributed by atoms with van der Waals surface area (Å²) in [7, 11) is 0. The van der Waals surface area contributed by atoms with E-state index in [1.54, 1.807) is 26.0 Å².